The van der Waals surface area contributed by atoms with Crippen LogP contribution in [0.3, 0.4) is 0 Å². The first-order valence-corrected chi connectivity index (χ1v) is 27.9. The number of nitrogens with zero attached hydrogens (tertiary/aromatic N) is 2. The minimum absolute atomic E-state index is 0.0399. The summed E-state index contributed by atoms with van der Waals surface area (Å²) in [5, 5.41) is 52.0. The molecule has 31 heteroatoms. The summed E-state index contributed by atoms with van der Waals surface area (Å²) in [6.07, 6.45) is -3.23. The van der Waals surface area contributed by atoms with Gasteiger partial charge >= 0.3 is 6.09 Å². The molecule has 0 spiro atoms. The SMILES string of the molecule is CC[C@H](C)[C@@H]1NC(=O)CNC(=O)[C@@H]2Cc3c([nH]c4cc(OCCCCCCNC(=O)ON5C(=O)CCC5=O)ccc34)[S@](=O)C[C@H](NC(=O)CNC1=O)C(=O)N[C@@H](CC(N)=O)C(=O)N1C[C@H](O)C[C@H]1C(=O)N[C@@H]([C@@H](C)[C@@H](O)CO)C(=O)N2. The van der Waals surface area contributed by atoms with Crippen LogP contribution in [-0.4, -0.2) is 199 Å². The minimum atomic E-state index is -2.43. The number of imide groups is 1. The summed E-state index contributed by atoms with van der Waals surface area (Å²) in [6, 6.07) is -5.47. The fourth-order valence-electron chi connectivity index (χ4n) is 9.52. The zero-order chi connectivity index (χ0) is 59.2. The summed E-state index contributed by atoms with van der Waals surface area (Å²) in [5.41, 5.74) is 5.89. The first-order chi connectivity index (χ1) is 38.5. The number of nitrogens with two attached hydrogens (primary N) is 1. The average molecular weight is 1160 g/mol. The highest BCUT2D eigenvalue weighted by Crippen LogP contribution is 2.31. The number of hydrogen-bond acceptors (Lipinski definition) is 18. The average Bonchev–Trinajstić information content (AvgIpc) is 4.05. The second-order valence-electron chi connectivity index (χ2n) is 20.3. The van der Waals surface area contributed by atoms with Crippen molar-refractivity contribution in [2.75, 3.05) is 45.1 Å². The Morgan fingerprint density at radius 1 is 0.827 bits per heavy atom. The monoisotopic (exact) mass is 1160 g/mol. The summed E-state index contributed by atoms with van der Waals surface area (Å²) in [7, 11) is -2.43. The third-order valence-corrected chi connectivity index (χ3v) is 15.7. The van der Waals surface area contributed by atoms with E-state index < -0.39 is 193 Å². The van der Waals surface area contributed by atoms with Gasteiger partial charge in [-0.25, -0.2) is 4.79 Å². The molecule has 0 saturated carbocycles. The number of H-pyrrole nitrogens is 1. The van der Waals surface area contributed by atoms with E-state index in [1.165, 1.54) is 6.92 Å². The predicted octanol–water partition coefficient (Wildman–Crippen LogP) is -4.90. The molecule has 14 N–H and O–H groups in total. The molecule has 81 heavy (non-hydrogen) atoms. The second-order valence-corrected chi connectivity index (χ2v) is 21.7. The number of carbonyl (C=O) groups excluding carboxylic acids is 12. The number of aromatic amines is 1. The number of rotatable bonds is 16. The van der Waals surface area contributed by atoms with Gasteiger partial charge in [0.2, 0.25) is 53.2 Å². The molecule has 444 valence electrons. The number of primary amides is 1. The number of ether oxygens (including phenoxy) is 1. The highest BCUT2D eigenvalue weighted by molar-refractivity contribution is 7.85. The number of aromatic nitrogens is 1. The fourth-order valence-corrected chi connectivity index (χ4v) is 10.9. The van der Waals surface area contributed by atoms with Crippen molar-refractivity contribution < 1.29 is 86.6 Å². The lowest BCUT2D eigenvalue weighted by Gasteiger charge is -2.32. The van der Waals surface area contributed by atoms with Gasteiger partial charge < -0.3 is 83.0 Å². The molecule has 11 atom stereocenters. The van der Waals surface area contributed by atoms with Gasteiger partial charge in [-0.05, 0) is 36.5 Å². The Balaban J connectivity index is 1.38. The van der Waals surface area contributed by atoms with Crippen LogP contribution in [0.4, 0.5) is 4.79 Å². The summed E-state index contributed by atoms with van der Waals surface area (Å²) in [4.78, 5) is 170. The Morgan fingerprint density at radius 3 is 2.19 bits per heavy atom. The van der Waals surface area contributed by atoms with Crippen LogP contribution in [0.25, 0.3) is 10.9 Å². The minimum Gasteiger partial charge on any atom is -0.494 e. The van der Waals surface area contributed by atoms with E-state index in [-0.39, 0.29) is 42.1 Å². The first-order valence-electron chi connectivity index (χ1n) is 26.6. The normalized spacial score (nSPS) is 25.9. The maximum atomic E-state index is 15.0. The molecular weight excluding hydrogens is 1090 g/mol. The zero-order valence-corrected chi connectivity index (χ0v) is 45.7. The number of unbranched alkanes of at least 4 members (excludes halogenated alkanes) is 3. The molecule has 1 aromatic heterocycles. The van der Waals surface area contributed by atoms with Gasteiger partial charge in [-0.15, -0.1) is 5.06 Å². The van der Waals surface area contributed by atoms with Crippen molar-refractivity contribution >= 4 is 92.8 Å². The molecule has 0 radical (unpaired) electrons. The van der Waals surface area contributed by atoms with Crippen molar-refractivity contribution in [3.63, 3.8) is 0 Å². The maximum absolute atomic E-state index is 15.0. The number of nitrogens with one attached hydrogen (secondary N) is 9. The molecule has 4 aliphatic heterocycles. The van der Waals surface area contributed by atoms with Crippen molar-refractivity contribution in [1.29, 1.82) is 0 Å². The van der Waals surface area contributed by atoms with Crippen LogP contribution < -0.4 is 53.0 Å². The number of hydroxylamine groups is 2. The molecule has 0 aliphatic carbocycles. The lowest BCUT2D eigenvalue weighted by Crippen LogP contribution is -2.62. The molecule has 2 fully saturated rings. The predicted molar refractivity (Wildman–Crippen MR) is 280 cm³/mol. The highest BCUT2D eigenvalue weighted by Gasteiger charge is 2.45. The number of benzene rings is 1. The number of hydrogen-bond donors (Lipinski definition) is 13. The van der Waals surface area contributed by atoms with Crippen molar-refractivity contribution in [2.24, 2.45) is 17.6 Å². The zero-order valence-electron chi connectivity index (χ0n) is 44.9. The van der Waals surface area contributed by atoms with Crippen LogP contribution in [-0.2, 0) is 74.8 Å². The largest absolute Gasteiger partial charge is 0.494 e. The first kappa shape index (κ1) is 62.4. The van der Waals surface area contributed by atoms with Crippen molar-refractivity contribution in [1.82, 2.24) is 57.5 Å². The Kier molecular flexibility index (Phi) is 22.0. The molecular formula is C50H70N12O18S. The molecule has 30 nitrogen and oxygen atoms in total. The summed E-state index contributed by atoms with van der Waals surface area (Å²) < 4.78 is 21.0. The molecule has 4 aliphatic rings. The molecule has 6 rings (SSSR count). The van der Waals surface area contributed by atoms with Crippen LogP contribution in [0.2, 0.25) is 0 Å². The highest BCUT2D eigenvalue weighted by atomic mass is 32.2. The quantitative estimate of drug-likeness (QED) is 0.0553. The van der Waals surface area contributed by atoms with E-state index in [1.54, 1.807) is 32.0 Å². The Morgan fingerprint density at radius 2 is 1.51 bits per heavy atom. The molecule has 2 bridgehead atoms. The van der Waals surface area contributed by atoms with E-state index in [4.69, 9.17) is 15.3 Å². The maximum Gasteiger partial charge on any atom is 0.432 e. The van der Waals surface area contributed by atoms with Crippen LogP contribution >= 0.6 is 0 Å². The molecule has 2 saturated heterocycles. The van der Waals surface area contributed by atoms with Crippen LogP contribution in [0.5, 0.6) is 5.75 Å². The van der Waals surface area contributed by atoms with Crippen molar-refractivity contribution in [3.05, 3.63) is 23.8 Å². The van der Waals surface area contributed by atoms with Gasteiger partial charge in [0.1, 0.15) is 47.0 Å². The van der Waals surface area contributed by atoms with Crippen LogP contribution in [0, 0.1) is 11.8 Å². The molecule has 0 unspecified atom stereocenters. The van der Waals surface area contributed by atoms with E-state index in [1.807, 2.05) is 0 Å². The van der Waals surface area contributed by atoms with Gasteiger partial charge in [-0.3, -0.25) is 56.9 Å². The van der Waals surface area contributed by atoms with E-state index >= 15 is 0 Å². The van der Waals surface area contributed by atoms with E-state index in [9.17, 15) is 77.1 Å². The van der Waals surface area contributed by atoms with Crippen LogP contribution in [0.15, 0.2) is 23.2 Å². The standard InChI is InChI=1S/C50H70N12O18S/c1-4-24(2)41-46(74)54-19-37(67)55-33-23-81(78)48-29(28-10-9-27(16-30(28)58-48)79-14-8-6-5-7-13-52-50(77)80-62-39(69)11-12-40(62)70)17-31(43(71)53-20-38(68)59-41)56-47(75)42(25(3)35(65)22-63)60-45(73)34-15-26(64)21-61(34)49(76)32(18-36(51)66)57-44(33)72/h9-10,16,24-26,31-35,41-42,58,63-65H,4-8,11-15,17-23H2,1-3H3,(H2,51,66)(H,52,77)(H,53,71)(H,54,74)(H,55,67)(H,56,75)(H,57,72)(H,59,68)(H,60,73)/t24-,25-,26+,31-,32-,33-,34-,35-,41-,42-,81+/m0/s1. The molecule has 1 aromatic carbocycles. The number of carbonyl (C=O) groups is 12. The van der Waals surface area contributed by atoms with Crippen molar-refractivity contribution in [2.45, 2.75) is 138 Å². The van der Waals surface area contributed by atoms with E-state index in [0.29, 0.717) is 48.3 Å². The number of aliphatic hydroxyl groups is 3. The van der Waals surface area contributed by atoms with E-state index in [2.05, 4.69) is 47.5 Å². The smallest absolute Gasteiger partial charge is 0.432 e. The molecule has 12 amide bonds. The fraction of sp³-hybridized carbons (Fsp3) is 0.600. The molecule has 2 aromatic rings. The lowest BCUT2D eigenvalue weighted by atomic mass is 9.93. The van der Waals surface area contributed by atoms with Gasteiger partial charge in [0.15, 0.2) is 0 Å². The summed E-state index contributed by atoms with van der Waals surface area (Å²) in [5.74, 6) is -12.9. The number of aliphatic hydroxyl groups excluding tert-OH is 3. The van der Waals surface area contributed by atoms with Gasteiger partial charge in [0.25, 0.3) is 11.8 Å². The Bertz CT molecular complexity index is 2760. The topological polar surface area (TPSA) is 446 Å². The third-order valence-electron chi connectivity index (χ3n) is 14.3. The molecule has 5 heterocycles. The Labute approximate surface area is 466 Å². The van der Waals surface area contributed by atoms with Crippen LogP contribution in [0.1, 0.15) is 84.1 Å². The third kappa shape index (κ3) is 16.4. The lowest BCUT2D eigenvalue weighted by molar-refractivity contribution is -0.171. The summed E-state index contributed by atoms with van der Waals surface area (Å²) in [6.45, 7) is 2.05. The van der Waals surface area contributed by atoms with Gasteiger partial charge in [0.05, 0.1) is 67.0 Å². The van der Waals surface area contributed by atoms with Crippen molar-refractivity contribution in [3.8, 4) is 5.75 Å². The Hall–Kier alpha value is -7.77. The van der Waals surface area contributed by atoms with Gasteiger partial charge in [-0.1, -0.05) is 40.0 Å². The number of amides is 12. The van der Waals surface area contributed by atoms with Gasteiger partial charge in [-0.2, -0.15) is 0 Å². The second kappa shape index (κ2) is 28.6. The number of fused-ring (bicyclic) bond motifs is 5. The summed E-state index contributed by atoms with van der Waals surface area (Å²) >= 11 is 0. The van der Waals surface area contributed by atoms with Gasteiger partial charge in [0, 0.05) is 56.1 Å². The van der Waals surface area contributed by atoms with E-state index in [0.717, 1.165) is 4.90 Å².